The number of nitrogens with zero attached hydrogens (tertiary/aromatic N) is 1. The minimum atomic E-state index is -0.627. The van der Waals surface area contributed by atoms with Crippen molar-refractivity contribution in [2.24, 2.45) is 23.2 Å². The molecule has 4 nitrogen and oxygen atoms in total. The normalized spacial score (nSPS) is 30.3. The quantitative estimate of drug-likeness (QED) is 0.582. The van der Waals surface area contributed by atoms with Gasteiger partial charge >= 0.3 is 0 Å². The number of nitrogens with one attached hydrogen (secondary N) is 1. The van der Waals surface area contributed by atoms with Crippen molar-refractivity contribution in [2.45, 2.75) is 64.2 Å². The topological polar surface area (TPSA) is 59.1 Å². The molecule has 0 spiro atoms. The Kier molecular flexibility index (Phi) is 5.79. The minimum Gasteiger partial charge on any atom is -0.311 e. The molecule has 0 aliphatic heterocycles. The van der Waals surface area contributed by atoms with Crippen LogP contribution in [-0.2, 0) is 16.0 Å². The Hall–Kier alpha value is -2.63. The molecule has 0 saturated heterocycles. The van der Waals surface area contributed by atoms with Crippen LogP contribution in [-0.4, -0.2) is 16.7 Å². The van der Waals surface area contributed by atoms with E-state index < -0.39 is 5.95 Å². The number of carbonyl (C=O) groups excluding carboxylic acids is 2. The molecule has 6 heteroatoms. The number of carbonyl (C=O) groups is 2. The van der Waals surface area contributed by atoms with Crippen LogP contribution in [0.5, 0.6) is 0 Å². The lowest BCUT2D eigenvalue weighted by molar-refractivity contribution is -0.129. The number of benzene rings is 1. The lowest BCUT2D eigenvalue weighted by Gasteiger charge is -2.50. The summed E-state index contributed by atoms with van der Waals surface area (Å²) in [6, 6.07) is 9.75. The van der Waals surface area contributed by atoms with Crippen molar-refractivity contribution in [3.63, 3.8) is 0 Å². The second-order valence-electron chi connectivity index (χ2n) is 10.3. The molecule has 1 heterocycles. The molecule has 3 aliphatic carbocycles. The fourth-order valence-corrected chi connectivity index (χ4v) is 7.11. The van der Waals surface area contributed by atoms with Gasteiger partial charge in [-0.1, -0.05) is 25.1 Å². The van der Waals surface area contributed by atoms with E-state index in [9.17, 15) is 18.4 Å². The largest absolute Gasteiger partial charge is 0.311 e. The molecule has 5 rings (SSSR count). The van der Waals surface area contributed by atoms with Crippen LogP contribution in [0.2, 0.25) is 0 Å². The van der Waals surface area contributed by atoms with Crippen LogP contribution >= 0.6 is 0 Å². The average Bonchev–Trinajstić information content (AvgIpc) is 3.04. The van der Waals surface area contributed by atoms with Crippen molar-refractivity contribution in [1.29, 1.82) is 0 Å². The first kappa shape index (κ1) is 22.2. The third kappa shape index (κ3) is 3.98. The first-order valence-corrected chi connectivity index (χ1v) is 12.1. The number of Topliss-reactive ketones (excluding diaryl/α,β-unsaturated/α-hetero) is 1. The fourth-order valence-electron chi connectivity index (χ4n) is 7.11. The molecule has 2 fully saturated rings. The first-order valence-electron chi connectivity index (χ1n) is 12.1. The number of anilines is 1. The highest BCUT2D eigenvalue weighted by Crippen LogP contribution is 2.62. The number of rotatable bonds is 5. The van der Waals surface area contributed by atoms with Crippen molar-refractivity contribution in [2.75, 3.05) is 5.32 Å². The van der Waals surface area contributed by atoms with E-state index in [0.717, 1.165) is 43.2 Å². The van der Waals surface area contributed by atoms with Gasteiger partial charge in [-0.3, -0.25) is 9.59 Å². The van der Waals surface area contributed by atoms with Crippen LogP contribution in [0.25, 0.3) is 0 Å². The molecule has 1 aromatic carbocycles. The van der Waals surface area contributed by atoms with Crippen molar-refractivity contribution >= 4 is 17.5 Å². The van der Waals surface area contributed by atoms with E-state index in [-0.39, 0.29) is 34.8 Å². The predicted octanol–water partition coefficient (Wildman–Crippen LogP) is 5.82. The van der Waals surface area contributed by atoms with Gasteiger partial charge in [0, 0.05) is 18.3 Å². The Morgan fingerprint density at radius 2 is 2.00 bits per heavy atom. The zero-order valence-electron chi connectivity index (χ0n) is 18.9. The van der Waals surface area contributed by atoms with E-state index in [0.29, 0.717) is 36.9 Å². The van der Waals surface area contributed by atoms with Gasteiger partial charge < -0.3 is 5.32 Å². The number of hydrogen-bond donors (Lipinski definition) is 1. The smallest absolute Gasteiger partial charge is 0.225 e. The lowest BCUT2D eigenvalue weighted by Crippen LogP contribution is -2.44. The molecule has 174 valence electrons. The van der Waals surface area contributed by atoms with Gasteiger partial charge in [-0.2, -0.15) is 4.39 Å². The number of ketones is 1. The van der Waals surface area contributed by atoms with Gasteiger partial charge in [0.2, 0.25) is 11.9 Å². The summed E-state index contributed by atoms with van der Waals surface area (Å²) in [6.45, 7) is 2.14. The Labute approximate surface area is 193 Å². The van der Waals surface area contributed by atoms with Gasteiger partial charge in [-0.15, -0.1) is 0 Å². The summed E-state index contributed by atoms with van der Waals surface area (Å²) in [5.41, 5.74) is 1.71. The van der Waals surface area contributed by atoms with E-state index in [1.165, 1.54) is 12.1 Å². The van der Waals surface area contributed by atoms with E-state index in [2.05, 4.69) is 23.3 Å². The molecule has 3 unspecified atom stereocenters. The Morgan fingerprint density at radius 3 is 2.82 bits per heavy atom. The van der Waals surface area contributed by atoms with Crippen LogP contribution in [0.3, 0.4) is 0 Å². The van der Waals surface area contributed by atoms with Crippen molar-refractivity contribution < 1.29 is 18.4 Å². The highest BCUT2D eigenvalue weighted by Gasteiger charge is 2.58. The summed E-state index contributed by atoms with van der Waals surface area (Å²) in [5.74, 6) is 0.899. The van der Waals surface area contributed by atoms with E-state index in [4.69, 9.17) is 0 Å². The summed E-state index contributed by atoms with van der Waals surface area (Å²) >= 11 is 0. The fraction of sp³-hybridized carbons (Fsp3) is 0.519. The highest BCUT2D eigenvalue weighted by atomic mass is 19.1. The van der Waals surface area contributed by atoms with Crippen LogP contribution < -0.4 is 5.32 Å². The summed E-state index contributed by atoms with van der Waals surface area (Å²) in [4.78, 5) is 29.1. The van der Waals surface area contributed by atoms with Gasteiger partial charge in [0.25, 0.3) is 0 Å². The number of fused-ring (bicyclic) bond motifs is 5. The molecule has 33 heavy (non-hydrogen) atoms. The summed E-state index contributed by atoms with van der Waals surface area (Å²) in [6.07, 6.45) is 5.84. The molecule has 1 N–H and O–H groups in total. The number of pyridine rings is 1. The van der Waals surface area contributed by atoms with Gasteiger partial charge in [0.15, 0.2) is 0 Å². The third-order valence-electron chi connectivity index (χ3n) is 8.52. The van der Waals surface area contributed by atoms with Gasteiger partial charge in [-0.05, 0) is 91.5 Å². The van der Waals surface area contributed by atoms with E-state index >= 15 is 0 Å². The third-order valence-corrected chi connectivity index (χ3v) is 8.52. The Balaban J connectivity index is 1.27. The molecule has 0 radical (unpaired) electrons. The zero-order valence-corrected chi connectivity index (χ0v) is 18.9. The molecule has 0 bridgehead atoms. The molecular formula is C27H30F2N2O2. The molecule has 1 amide bonds. The second-order valence-corrected chi connectivity index (χ2v) is 10.3. The second kappa shape index (κ2) is 8.62. The first-order chi connectivity index (χ1) is 15.9. The van der Waals surface area contributed by atoms with Gasteiger partial charge in [0.1, 0.15) is 17.4 Å². The van der Waals surface area contributed by atoms with Gasteiger partial charge in [-0.25, -0.2) is 9.37 Å². The maximum atomic E-state index is 14.4. The Bertz CT molecular complexity index is 1090. The lowest BCUT2D eigenvalue weighted by atomic mass is 9.54. The monoisotopic (exact) mass is 452 g/mol. The molecule has 2 aromatic rings. The average molecular weight is 453 g/mol. The van der Waals surface area contributed by atoms with Crippen molar-refractivity contribution in [3.8, 4) is 0 Å². The number of halogens is 2. The maximum absolute atomic E-state index is 14.4. The molecule has 5 atom stereocenters. The van der Waals surface area contributed by atoms with Crippen LogP contribution in [0.15, 0.2) is 36.4 Å². The zero-order chi connectivity index (χ0) is 23.2. The summed E-state index contributed by atoms with van der Waals surface area (Å²) < 4.78 is 27.7. The molecule has 2 saturated carbocycles. The SMILES string of the molecule is C[C@]12CCC3c4cccc(F)c4CCC3C1[C@H](CCCC(=O)Nc1cccc(F)n1)CC2=O. The Morgan fingerprint density at radius 1 is 1.18 bits per heavy atom. The maximum Gasteiger partial charge on any atom is 0.225 e. The summed E-state index contributed by atoms with van der Waals surface area (Å²) in [7, 11) is 0. The van der Waals surface area contributed by atoms with E-state index in [1.54, 1.807) is 12.1 Å². The minimum absolute atomic E-state index is 0.0999. The number of aromatic nitrogens is 1. The highest BCUT2D eigenvalue weighted by molar-refractivity contribution is 5.89. The predicted molar refractivity (Wildman–Crippen MR) is 122 cm³/mol. The molecule has 3 aliphatic rings. The van der Waals surface area contributed by atoms with E-state index in [1.807, 2.05) is 6.07 Å². The van der Waals surface area contributed by atoms with Crippen LogP contribution in [0, 0.1) is 34.9 Å². The van der Waals surface area contributed by atoms with Crippen molar-refractivity contribution in [1.82, 2.24) is 4.98 Å². The standard InChI is InChI=1S/C27H30F2N2O2/c1-27-14-13-18-17-6-3-7-21(28)19(17)11-12-20(18)26(27)16(15-22(27)32)5-2-10-25(33)31-24-9-4-8-23(29)30-24/h3-4,6-9,16,18,20,26H,2,5,10-15H2,1H3,(H,30,31,33)/t16-,18?,20?,26?,27-/m1/s1. The van der Waals surface area contributed by atoms with Crippen molar-refractivity contribution in [3.05, 3.63) is 59.3 Å². The van der Waals surface area contributed by atoms with Gasteiger partial charge in [0.05, 0.1) is 0 Å². The number of amides is 1. The molecular weight excluding hydrogens is 422 g/mol. The van der Waals surface area contributed by atoms with Crippen LogP contribution in [0.1, 0.15) is 68.9 Å². The summed E-state index contributed by atoms with van der Waals surface area (Å²) in [5, 5.41) is 2.65. The number of hydrogen-bond acceptors (Lipinski definition) is 3. The molecule has 1 aromatic heterocycles. The van der Waals surface area contributed by atoms with Crippen LogP contribution in [0.4, 0.5) is 14.6 Å².